The van der Waals surface area contributed by atoms with Gasteiger partial charge in [-0.2, -0.15) is 8.42 Å². The van der Waals surface area contributed by atoms with E-state index in [1.54, 1.807) is 0 Å². The van der Waals surface area contributed by atoms with Crippen molar-refractivity contribution in [1.29, 1.82) is 0 Å². The van der Waals surface area contributed by atoms with E-state index in [1.807, 2.05) is 0 Å². The molecule has 98 valence electrons. The Kier molecular flexibility index (Phi) is 6.19. The molecule has 1 unspecified atom stereocenters. The maximum atomic E-state index is 11.3. The van der Waals surface area contributed by atoms with Gasteiger partial charge in [0, 0.05) is 19.3 Å². The lowest BCUT2D eigenvalue weighted by molar-refractivity contribution is -0.123. The molecule has 1 atom stereocenters. The standard InChI is InChI=1S/C10H16O6S/c1-7(11)3-4-9(13)5-6-10(8(2)12)17(14,15)16/h10H,3-6H2,1-2H3,(H,14,15,16). The van der Waals surface area contributed by atoms with Gasteiger partial charge in [-0.1, -0.05) is 0 Å². The summed E-state index contributed by atoms with van der Waals surface area (Å²) in [5.41, 5.74) is 0. The topological polar surface area (TPSA) is 106 Å². The molecule has 0 saturated heterocycles. The van der Waals surface area contributed by atoms with E-state index in [4.69, 9.17) is 4.55 Å². The smallest absolute Gasteiger partial charge is 0.274 e. The summed E-state index contributed by atoms with van der Waals surface area (Å²) in [5, 5.41) is -1.55. The molecule has 0 fully saturated rings. The summed E-state index contributed by atoms with van der Waals surface area (Å²) in [6.07, 6.45) is -0.247. The monoisotopic (exact) mass is 264 g/mol. The van der Waals surface area contributed by atoms with Crippen LogP contribution < -0.4 is 0 Å². The van der Waals surface area contributed by atoms with Crippen LogP contribution in [0.5, 0.6) is 0 Å². The van der Waals surface area contributed by atoms with Crippen LogP contribution in [0.15, 0.2) is 0 Å². The number of carbonyl (C=O) groups excluding carboxylic acids is 3. The first-order valence-electron chi connectivity index (χ1n) is 5.12. The van der Waals surface area contributed by atoms with Gasteiger partial charge in [0.2, 0.25) is 0 Å². The maximum Gasteiger partial charge on any atom is 0.274 e. The van der Waals surface area contributed by atoms with E-state index in [9.17, 15) is 22.8 Å². The molecule has 7 heteroatoms. The van der Waals surface area contributed by atoms with Gasteiger partial charge in [0.25, 0.3) is 10.1 Å². The fourth-order valence-electron chi connectivity index (χ4n) is 1.29. The fraction of sp³-hybridized carbons (Fsp3) is 0.700. The van der Waals surface area contributed by atoms with Crippen molar-refractivity contribution in [3.8, 4) is 0 Å². The minimum absolute atomic E-state index is 0.0332. The van der Waals surface area contributed by atoms with Crippen LogP contribution in [0, 0.1) is 0 Å². The van der Waals surface area contributed by atoms with Gasteiger partial charge >= 0.3 is 0 Å². The van der Waals surface area contributed by atoms with E-state index in [0.717, 1.165) is 6.92 Å². The molecule has 0 aliphatic heterocycles. The Morgan fingerprint density at radius 1 is 1.06 bits per heavy atom. The van der Waals surface area contributed by atoms with Crippen LogP contribution in [-0.4, -0.2) is 35.6 Å². The Morgan fingerprint density at radius 2 is 1.59 bits per heavy atom. The van der Waals surface area contributed by atoms with Gasteiger partial charge in [-0.05, 0) is 20.3 Å². The first-order chi connectivity index (χ1) is 7.64. The van der Waals surface area contributed by atoms with E-state index in [-0.39, 0.29) is 37.2 Å². The normalized spacial score (nSPS) is 13.1. The molecule has 0 saturated carbocycles. The molecular weight excluding hydrogens is 248 g/mol. The van der Waals surface area contributed by atoms with Crippen LogP contribution in [-0.2, 0) is 24.5 Å². The minimum atomic E-state index is -4.46. The van der Waals surface area contributed by atoms with Crippen molar-refractivity contribution in [2.24, 2.45) is 0 Å². The van der Waals surface area contributed by atoms with Crippen LogP contribution in [0.4, 0.5) is 0 Å². The fourth-order valence-corrected chi connectivity index (χ4v) is 2.13. The van der Waals surface area contributed by atoms with Crippen LogP contribution in [0.25, 0.3) is 0 Å². The third-order valence-corrected chi connectivity index (χ3v) is 3.54. The molecular formula is C10H16O6S. The zero-order valence-electron chi connectivity index (χ0n) is 9.80. The van der Waals surface area contributed by atoms with Crippen molar-refractivity contribution in [2.45, 2.75) is 44.8 Å². The highest BCUT2D eigenvalue weighted by Gasteiger charge is 2.28. The minimum Gasteiger partial charge on any atom is -0.300 e. The number of carbonyl (C=O) groups is 3. The molecule has 17 heavy (non-hydrogen) atoms. The van der Waals surface area contributed by atoms with Gasteiger partial charge in [0.05, 0.1) is 0 Å². The van der Waals surface area contributed by atoms with Gasteiger partial charge in [0.15, 0.2) is 0 Å². The van der Waals surface area contributed by atoms with Crippen molar-refractivity contribution in [3.63, 3.8) is 0 Å². The van der Waals surface area contributed by atoms with Crippen LogP contribution >= 0.6 is 0 Å². The molecule has 0 rings (SSSR count). The van der Waals surface area contributed by atoms with E-state index in [2.05, 4.69) is 0 Å². The molecule has 0 radical (unpaired) electrons. The van der Waals surface area contributed by atoms with Crippen LogP contribution in [0.2, 0.25) is 0 Å². The van der Waals surface area contributed by atoms with E-state index in [0.29, 0.717) is 0 Å². The second-order valence-corrected chi connectivity index (χ2v) is 5.49. The predicted octanol–water partition coefficient (Wildman–Crippen LogP) is 0.550. The molecule has 0 aromatic heterocycles. The van der Waals surface area contributed by atoms with E-state index >= 15 is 0 Å². The lowest BCUT2D eigenvalue weighted by atomic mass is 10.1. The highest BCUT2D eigenvalue weighted by atomic mass is 32.2. The van der Waals surface area contributed by atoms with Crippen LogP contribution in [0.1, 0.15) is 39.5 Å². The highest BCUT2D eigenvalue weighted by molar-refractivity contribution is 7.87. The molecule has 1 N–H and O–H groups in total. The lowest BCUT2D eigenvalue weighted by Crippen LogP contribution is -2.28. The van der Waals surface area contributed by atoms with Gasteiger partial charge in [-0.25, -0.2) is 0 Å². The SMILES string of the molecule is CC(=O)CCC(=O)CCC(C(C)=O)S(=O)(=O)O. The Labute approximate surface area is 100 Å². The summed E-state index contributed by atoms with van der Waals surface area (Å²) < 4.78 is 30.4. The summed E-state index contributed by atoms with van der Waals surface area (Å²) in [6.45, 7) is 2.39. The summed E-state index contributed by atoms with van der Waals surface area (Å²) in [7, 11) is -4.46. The summed E-state index contributed by atoms with van der Waals surface area (Å²) >= 11 is 0. The number of rotatable bonds is 8. The third kappa shape index (κ3) is 6.96. The van der Waals surface area contributed by atoms with Crippen molar-refractivity contribution in [1.82, 2.24) is 0 Å². The molecule has 0 aliphatic rings. The molecule has 0 amide bonds. The predicted molar refractivity (Wildman–Crippen MR) is 60.2 cm³/mol. The van der Waals surface area contributed by atoms with Crippen molar-refractivity contribution in [2.75, 3.05) is 0 Å². The van der Waals surface area contributed by atoms with E-state index in [1.165, 1.54) is 6.92 Å². The molecule has 0 bridgehead atoms. The van der Waals surface area contributed by atoms with Crippen molar-refractivity contribution >= 4 is 27.5 Å². The Balaban J connectivity index is 4.29. The zero-order chi connectivity index (χ0) is 13.6. The Bertz CT molecular complexity index is 409. The first-order valence-corrected chi connectivity index (χ1v) is 6.62. The van der Waals surface area contributed by atoms with Gasteiger partial charge < -0.3 is 4.79 Å². The second kappa shape index (κ2) is 6.61. The van der Waals surface area contributed by atoms with Gasteiger partial charge in [-0.15, -0.1) is 0 Å². The molecule has 0 aromatic carbocycles. The summed E-state index contributed by atoms with van der Waals surface area (Å²) in [6, 6.07) is 0. The Morgan fingerprint density at radius 3 is 1.94 bits per heavy atom. The van der Waals surface area contributed by atoms with Crippen LogP contribution in [0.3, 0.4) is 0 Å². The van der Waals surface area contributed by atoms with Crippen molar-refractivity contribution < 1.29 is 27.4 Å². The average Bonchev–Trinajstić information content (AvgIpc) is 2.12. The molecule has 0 aromatic rings. The average molecular weight is 264 g/mol. The Hall–Kier alpha value is -1.08. The largest absolute Gasteiger partial charge is 0.300 e. The lowest BCUT2D eigenvalue weighted by Gasteiger charge is -2.09. The van der Waals surface area contributed by atoms with Crippen molar-refractivity contribution in [3.05, 3.63) is 0 Å². The summed E-state index contributed by atoms with van der Waals surface area (Å²) in [5.74, 6) is -1.13. The van der Waals surface area contributed by atoms with Gasteiger partial charge in [0.1, 0.15) is 22.6 Å². The zero-order valence-corrected chi connectivity index (χ0v) is 10.6. The molecule has 0 aliphatic carbocycles. The van der Waals surface area contributed by atoms with E-state index < -0.39 is 21.2 Å². The number of hydrogen-bond acceptors (Lipinski definition) is 5. The number of Topliss-reactive ketones (excluding diaryl/α,β-unsaturated/α-hetero) is 3. The molecule has 6 nitrogen and oxygen atoms in total. The molecule has 0 heterocycles. The molecule has 0 spiro atoms. The highest BCUT2D eigenvalue weighted by Crippen LogP contribution is 2.10. The third-order valence-electron chi connectivity index (χ3n) is 2.25. The number of ketones is 3. The van der Waals surface area contributed by atoms with Gasteiger partial charge in [-0.3, -0.25) is 14.1 Å². The summed E-state index contributed by atoms with van der Waals surface area (Å²) in [4.78, 5) is 32.8. The number of hydrogen-bond donors (Lipinski definition) is 1. The second-order valence-electron chi connectivity index (χ2n) is 3.89. The maximum absolute atomic E-state index is 11.3. The quantitative estimate of drug-likeness (QED) is 0.642. The first kappa shape index (κ1) is 15.9.